The van der Waals surface area contributed by atoms with E-state index in [4.69, 9.17) is 0 Å². The molecule has 12 rings (SSSR count). The summed E-state index contributed by atoms with van der Waals surface area (Å²) < 4.78 is 0. The van der Waals surface area contributed by atoms with Gasteiger partial charge >= 0.3 is 0 Å². The fourth-order valence-corrected chi connectivity index (χ4v) is 10.4. The first-order valence-corrected chi connectivity index (χ1v) is 22.2. The molecule has 1 aliphatic rings. The molecule has 0 atom stereocenters. The molecule has 11 aromatic rings. The van der Waals surface area contributed by atoms with Gasteiger partial charge in [0.2, 0.25) is 0 Å². The van der Waals surface area contributed by atoms with Crippen LogP contribution < -0.4 is 20.2 Å². The molecule has 2 nitrogen and oxygen atoms in total. The van der Waals surface area contributed by atoms with E-state index in [-0.39, 0.29) is 0 Å². The van der Waals surface area contributed by atoms with E-state index in [9.17, 15) is 0 Å². The van der Waals surface area contributed by atoms with Crippen molar-refractivity contribution >= 4 is 117 Å². The number of hydrogen-bond acceptors (Lipinski definition) is 2. The maximum Gasteiger partial charge on any atom is 0.0540 e. The molecule has 0 fully saturated rings. The molecule has 2 heteroatoms. The van der Waals surface area contributed by atoms with Gasteiger partial charge in [-0.05, 0) is 143 Å². The minimum atomic E-state index is 0.941. The van der Waals surface area contributed by atoms with Gasteiger partial charge in [0.05, 0.1) is 5.69 Å². The zero-order valence-electron chi connectivity index (χ0n) is 35.5. The van der Waals surface area contributed by atoms with Gasteiger partial charge in [-0.3, -0.25) is 0 Å². The molecule has 302 valence electrons. The Labute approximate surface area is 372 Å². The van der Waals surface area contributed by atoms with E-state index >= 15 is 0 Å². The molecular formula is C62H44N2. The molecule has 64 heavy (non-hydrogen) atoms. The third kappa shape index (κ3) is 6.02. The number of nitrogens with zero attached hydrogens (tertiary/aromatic N) is 2. The Bertz CT molecular complexity index is 3820. The van der Waals surface area contributed by atoms with Crippen molar-refractivity contribution in [3.8, 4) is 0 Å². The van der Waals surface area contributed by atoms with Gasteiger partial charge in [-0.2, -0.15) is 0 Å². The minimum Gasteiger partial charge on any atom is -0.314 e. The molecule has 0 heterocycles. The van der Waals surface area contributed by atoms with Crippen LogP contribution in [0.25, 0.3) is 88.6 Å². The quantitative estimate of drug-likeness (QED) is 0.141. The van der Waals surface area contributed by atoms with Crippen molar-refractivity contribution in [2.24, 2.45) is 0 Å². The van der Waals surface area contributed by atoms with Crippen LogP contribution in [0.15, 0.2) is 213 Å². The van der Waals surface area contributed by atoms with Crippen molar-refractivity contribution in [3.05, 3.63) is 235 Å². The monoisotopic (exact) mass is 816 g/mol. The lowest BCUT2D eigenvalue weighted by molar-refractivity contribution is 1.03. The highest BCUT2D eigenvalue weighted by Crippen LogP contribution is 2.48. The van der Waals surface area contributed by atoms with Gasteiger partial charge in [0.25, 0.3) is 0 Å². The summed E-state index contributed by atoms with van der Waals surface area (Å²) in [5, 5.41) is 17.5. The molecule has 0 aromatic heterocycles. The van der Waals surface area contributed by atoms with Crippen LogP contribution in [0, 0.1) is 0 Å². The second-order valence-electron chi connectivity index (χ2n) is 16.8. The second-order valence-corrected chi connectivity index (χ2v) is 16.8. The van der Waals surface area contributed by atoms with Gasteiger partial charge in [-0.1, -0.05) is 177 Å². The number of benzene rings is 11. The largest absolute Gasteiger partial charge is 0.314 e. The SMILES string of the molecule is C=Cc1ccc(N(C2=c3ccccc3=CCC2)c2ccc3c4ccccc4c4c5cc(N(c6ccc(C=C)cc6)c6cccc7ccccc67)ccc5c5ccccc5c4c3c2)cc1. The van der Waals surface area contributed by atoms with Crippen LogP contribution in [0.2, 0.25) is 0 Å². The van der Waals surface area contributed by atoms with Crippen molar-refractivity contribution in [1.82, 2.24) is 0 Å². The summed E-state index contributed by atoms with van der Waals surface area (Å²) in [5.41, 5.74) is 9.11. The first-order chi connectivity index (χ1) is 31.7. The molecule has 0 N–H and O–H groups in total. The molecule has 0 saturated heterocycles. The molecule has 0 bridgehead atoms. The first-order valence-electron chi connectivity index (χ1n) is 22.2. The molecule has 11 aromatic carbocycles. The molecule has 0 radical (unpaired) electrons. The summed E-state index contributed by atoms with van der Waals surface area (Å²) in [7, 11) is 0. The van der Waals surface area contributed by atoms with Crippen LogP contribution in [0.5, 0.6) is 0 Å². The summed E-state index contributed by atoms with van der Waals surface area (Å²) in [6.07, 6.45) is 8.13. The third-order valence-electron chi connectivity index (χ3n) is 13.4. The standard InChI is InChI=1S/C62H44N2/c1-3-41-27-31-45(32-28-41)63(59-25-13-17-43-15-5-7-19-49(43)59)47-35-37-53-51-21-9-12-24-56(51)62-58-40-48(36-38-54(58)52-22-10-11-23-55(52)61(62)57(53)39-47)64(46-33-29-42(4-2)30-34-46)60-26-14-18-44-16-6-8-20-50(44)60/h3-13,15-25,27-40H,1-2,14,26H2. The fourth-order valence-electron chi connectivity index (χ4n) is 10.4. The second kappa shape index (κ2) is 15.3. The van der Waals surface area contributed by atoms with E-state index in [1.807, 2.05) is 12.2 Å². The van der Waals surface area contributed by atoms with Crippen LogP contribution in [0.3, 0.4) is 0 Å². The third-order valence-corrected chi connectivity index (χ3v) is 13.4. The van der Waals surface area contributed by atoms with E-state index in [1.165, 1.54) is 80.8 Å². The molecule has 0 saturated carbocycles. The van der Waals surface area contributed by atoms with Crippen molar-refractivity contribution in [2.45, 2.75) is 12.8 Å². The Kier molecular flexibility index (Phi) is 8.98. The van der Waals surface area contributed by atoms with Gasteiger partial charge in [-0.15, -0.1) is 0 Å². The summed E-state index contributed by atoms with van der Waals surface area (Å²) >= 11 is 0. The van der Waals surface area contributed by atoms with E-state index in [1.54, 1.807) is 0 Å². The van der Waals surface area contributed by atoms with Crippen LogP contribution in [-0.4, -0.2) is 0 Å². The highest BCUT2D eigenvalue weighted by molar-refractivity contribution is 6.40. The Morgan fingerprint density at radius 2 is 0.844 bits per heavy atom. The molecule has 0 spiro atoms. The van der Waals surface area contributed by atoms with Crippen LogP contribution in [-0.2, 0) is 0 Å². The minimum absolute atomic E-state index is 0.941. The number of fused-ring (bicyclic) bond motifs is 13. The summed E-state index contributed by atoms with van der Waals surface area (Å²) in [5.74, 6) is 0. The molecule has 0 unspecified atom stereocenters. The topological polar surface area (TPSA) is 6.48 Å². The lowest BCUT2D eigenvalue weighted by atomic mass is 9.86. The highest BCUT2D eigenvalue weighted by Gasteiger charge is 2.23. The predicted octanol–water partition coefficient (Wildman–Crippen LogP) is 15.9. The molecule has 0 amide bonds. The van der Waals surface area contributed by atoms with Gasteiger partial charge < -0.3 is 9.80 Å². The van der Waals surface area contributed by atoms with E-state index < -0.39 is 0 Å². The zero-order valence-corrected chi connectivity index (χ0v) is 35.5. The first kappa shape index (κ1) is 37.6. The number of anilines is 5. The van der Waals surface area contributed by atoms with Crippen molar-refractivity contribution in [3.63, 3.8) is 0 Å². The van der Waals surface area contributed by atoms with Crippen LogP contribution >= 0.6 is 0 Å². The summed E-state index contributed by atoms with van der Waals surface area (Å²) in [6.45, 7) is 8.10. The smallest absolute Gasteiger partial charge is 0.0540 e. The van der Waals surface area contributed by atoms with Crippen molar-refractivity contribution in [2.75, 3.05) is 9.80 Å². The average molecular weight is 817 g/mol. The maximum absolute atomic E-state index is 4.05. The van der Waals surface area contributed by atoms with Gasteiger partial charge in [-0.25, -0.2) is 0 Å². The van der Waals surface area contributed by atoms with Crippen LogP contribution in [0.4, 0.5) is 28.4 Å². The highest BCUT2D eigenvalue weighted by atomic mass is 15.2. The number of rotatable bonds is 8. The average Bonchev–Trinajstić information content (AvgIpc) is 3.37. The van der Waals surface area contributed by atoms with Gasteiger partial charge in [0.15, 0.2) is 0 Å². The van der Waals surface area contributed by atoms with E-state index in [0.29, 0.717) is 0 Å². The lowest BCUT2D eigenvalue weighted by Crippen LogP contribution is -2.34. The lowest BCUT2D eigenvalue weighted by Gasteiger charge is -2.30. The Hall–Kier alpha value is -8.20. The Morgan fingerprint density at radius 3 is 1.45 bits per heavy atom. The predicted molar refractivity (Wildman–Crippen MR) is 278 cm³/mol. The normalized spacial score (nSPS) is 12.5. The summed E-state index contributed by atoms with van der Waals surface area (Å²) in [4.78, 5) is 4.92. The zero-order chi connectivity index (χ0) is 42.7. The fraction of sp³-hybridized carbons (Fsp3) is 0.0323. The van der Waals surface area contributed by atoms with Crippen molar-refractivity contribution in [1.29, 1.82) is 0 Å². The maximum atomic E-state index is 4.05. The Morgan fingerprint density at radius 1 is 0.375 bits per heavy atom. The van der Waals surface area contributed by atoms with Gasteiger partial charge in [0, 0.05) is 39.1 Å². The molecule has 1 aliphatic carbocycles. The summed E-state index contributed by atoms with van der Waals surface area (Å²) in [6, 6.07) is 74.0. The molecular weight excluding hydrogens is 773 g/mol. The van der Waals surface area contributed by atoms with Crippen LogP contribution in [0.1, 0.15) is 24.0 Å². The molecule has 0 aliphatic heterocycles. The van der Waals surface area contributed by atoms with E-state index in [0.717, 1.165) is 52.4 Å². The number of hydrogen-bond donors (Lipinski definition) is 0. The van der Waals surface area contributed by atoms with E-state index in [2.05, 4.69) is 229 Å². The van der Waals surface area contributed by atoms with Crippen molar-refractivity contribution < 1.29 is 0 Å². The Balaban J connectivity index is 1.19. The van der Waals surface area contributed by atoms with Gasteiger partial charge in [0.1, 0.15) is 0 Å².